The zero-order chi connectivity index (χ0) is 15.7. The smallest absolute Gasteiger partial charge is 0.252 e. The molecule has 0 spiro atoms. The van der Waals surface area contributed by atoms with E-state index in [9.17, 15) is 4.79 Å². The van der Waals surface area contributed by atoms with Gasteiger partial charge in [0.1, 0.15) is 0 Å². The Kier molecular flexibility index (Phi) is 4.67. The van der Waals surface area contributed by atoms with Crippen LogP contribution in [0.3, 0.4) is 0 Å². The Morgan fingerprint density at radius 1 is 0.818 bits per heavy atom. The van der Waals surface area contributed by atoms with Crippen LogP contribution in [0.25, 0.3) is 10.8 Å². The normalized spacial score (nSPS) is 10.9. The lowest BCUT2D eigenvalue weighted by Gasteiger charge is -2.08. The van der Waals surface area contributed by atoms with E-state index in [1.54, 1.807) is 12.1 Å². The lowest BCUT2D eigenvalue weighted by Crippen LogP contribution is -1.92. The van der Waals surface area contributed by atoms with Gasteiger partial charge in [-0.2, -0.15) is 0 Å². The first kappa shape index (κ1) is 15.7. The third kappa shape index (κ3) is 3.27. The van der Waals surface area contributed by atoms with E-state index in [0.29, 0.717) is 5.56 Å². The van der Waals surface area contributed by atoms with E-state index in [1.807, 2.05) is 24.3 Å². The predicted molar refractivity (Wildman–Crippen MR) is 98.8 cm³/mol. The van der Waals surface area contributed by atoms with E-state index < -0.39 is 5.24 Å². The molecule has 4 heteroatoms. The van der Waals surface area contributed by atoms with Crippen molar-refractivity contribution in [2.75, 3.05) is 0 Å². The van der Waals surface area contributed by atoms with Gasteiger partial charge in [-0.1, -0.05) is 56.1 Å². The highest BCUT2D eigenvalue weighted by molar-refractivity contribution is 9.11. The van der Waals surface area contributed by atoms with E-state index in [2.05, 4.69) is 50.1 Å². The standard InChI is InChI=1S/C18H11Br2ClO/c19-16-7-8-17(20)15-10-12(3-6-14(15)16)9-11-1-4-13(5-2-11)18(21)22/h1-8,10H,9H2. The molecule has 0 N–H and O–H groups in total. The van der Waals surface area contributed by atoms with Crippen LogP contribution in [-0.4, -0.2) is 5.24 Å². The maximum absolute atomic E-state index is 11.1. The van der Waals surface area contributed by atoms with Crippen LogP contribution in [0.15, 0.2) is 63.5 Å². The molecule has 3 aromatic carbocycles. The minimum atomic E-state index is -0.425. The predicted octanol–water partition coefficient (Wildman–Crippen LogP) is 6.33. The summed E-state index contributed by atoms with van der Waals surface area (Å²) in [6.07, 6.45) is 0.811. The van der Waals surface area contributed by atoms with Gasteiger partial charge in [-0.05, 0) is 70.3 Å². The molecule has 0 aliphatic heterocycles. The SMILES string of the molecule is O=C(Cl)c1ccc(Cc2ccc3c(Br)ccc(Br)c3c2)cc1. The number of carbonyl (C=O) groups is 1. The van der Waals surface area contributed by atoms with Crippen LogP contribution in [0.5, 0.6) is 0 Å². The molecule has 0 atom stereocenters. The van der Waals surface area contributed by atoms with Crippen LogP contribution in [-0.2, 0) is 6.42 Å². The van der Waals surface area contributed by atoms with Crippen molar-refractivity contribution < 1.29 is 4.79 Å². The summed E-state index contributed by atoms with van der Waals surface area (Å²) in [6.45, 7) is 0. The van der Waals surface area contributed by atoms with E-state index in [0.717, 1.165) is 20.9 Å². The largest absolute Gasteiger partial charge is 0.276 e. The monoisotopic (exact) mass is 436 g/mol. The van der Waals surface area contributed by atoms with Gasteiger partial charge in [0.05, 0.1) is 0 Å². The van der Waals surface area contributed by atoms with Crippen LogP contribution < -0.4 is 0 Å². The van der Waals surface area contributed by atoms with Gasteiger partial charge in [0.2, 0.25) is 0 Å². The molecule has 0 radical (unpaired) electrons. The molecule has 0 bridgehead atoms. The van der Waals surface area contributed by atoms with Gasteiger partial charge in [-0.15, -0.1) is 0 Å². The van der Waals surface area contributed by atoms with Crippen LogP contribution in [0, 0.1) is 0 Å². The van der Waals surface area contributed by atoms with Crippen molar-refractivity contribution in [3.63, 3.8) is 0 Å². The van der Waals surface area contributed by atoms with Gasteiger partial charge < -0.3 is 0 Å². The van der Waals surface area contributed by atoms with E-state index in [-0.39, 0.29) is 0 Å². The number of halogens is 3. The van der Waals surface area contributed by atoms with Crippen LogP contribution in [0.4, 0.5) is 0 Å². The molecule has 0 saturated carbocycles. The summed E-state index contributed by atoms with van der Waals surface area (Å²) < 4.78 is 2.16. The average Bonchev–Trinajstić information content (AvgIpc) is 2.52. The lowest BCUT2D eigenvalue weighted by atomic mass is 10.0. The minimum absolute atomic E-state index is 0.425. The molecule has 0 aliphatic rings. The van der Waals surface area contributed by atoms with Crippen LogP contribution in [0.1, 0.15) is 21.5 Å². The molecule has 3 rings (SSSR count). The third-order valence-electron chi connectivity index (χ3n) is 3.56. The summed E-state index contributed by atoms with van der Waals surface area (Å²) in [5.74, 6) is 0. The Hall–Kier alpha value is -1.16. The van der Waals surface area contributed by atoms with E-state index in [4.69, 9.17) is 11.6 Å². The van der Waals surface area contributed by atoms with Gasteiger partial charge in [0.25, 0.3) is 5.24 Å². The summed E-state index contributed by atoms with van der Waals surface area (Å²) in [4.78, 5) is 11.1. The van der Waals surface area contributed by atoms with Crippen molar-refractivity contribution in [1.29, 1.82) is 0 Å². The summed E-state index contributed by atoms with van der Waals surface area (Å²) in [6, 6.07) is 17.9. The molecule has 0 aliphatic carbocycles. The highest BCUT2D eigenvalue weighted by Crippen LogP contribution is 2.31. The maximum Gasteiger partial charge on any atom is 0.252 e. The highest BCUT2D eigenvalue weighted by atomic mass is 79.9. The molecule has 110 valence electrons. The quantitative estimate of drug-likeness (QED) is 0.437. The number of benzene rings is 3. The topological polar surface area (TPSA) is 17.1 Å². The Balaban J connectivity index is 1.94. The fourth-order valence-electron chi connectivity index (χ4n) is 2.42. The van der Waals surface area contributed by atoms with Crippen LogP contribution in [0.2, 0.25) is 0 Å². The Morgan fingerprint density at radius 3 is 2.05 bits per heavy atom. The Bertz CT molecular complexity index is 857. The van der Waals surface area contributed by atoms with E-state index in [1.165, 1.54) is 16.3 Å². The molecule has 0 heterocycles. The lowest BCUT2D eigenvalue weighted by molar-refractivity contribution is 0.108. The van der Waals surface area contributed by atoms with Gasteiger partial charge in [0.15, 0.2) is 0 Å². The first-order valence-electron chi connectivity index (χ1n) is 6.70. The number of rotatable bonds is 3. The molecule has 0 fully saturated rings. The molecule has 22 heavy (non-hydrogen) atoms. The summed E-state index contributed by atoms with van der Waals surface area (Å²) >= 11 is 12.6. The molecular formula is C18H11Br2ClO. The average molecular weight is 439 g/mol. The molecule has 0 aromatic heterocycles. The fraction of sp³-hybridized carbons (Fsp3) is 0.0556. The van der Waals surface area contributed by atoms with Crippen molar-refractivity contribution in [1.82, 2.24) is 0 Å². The second-order valence-corrected chi connectivity index (χ2v) is 7.11. The van der Waals surface area contributed by atoms with E-state index >= 15 is 0 Å². The highest BCUT2D eigenvalue weighted by Gasteiger charge is 2.06. The molecule has 3 aromatic rings. The summed E-state index contributed by atoms with van der Waals surface area (Å²) in [5, 5.41) is 1.94. The van der Waals surface area contributed by atoms with Gasteiger partial charge in [-0.25, -0.2) is 0 Å². The fourth-order valence-corrected chi connectivity index (χ4v) is 3.49. The van der Waals surface area contributed by atoms with Crippen molar-refractivity contribution in [3.8, 4) is 0 Å². The third-order valence-corrected chi connectivity index (χ3v) is 5.16. The summed E-state index contributed by atoms with van der Waals surface area (Å²) in [7, 11) is 0. The van der Waals surface area contributed by atoms with Gasteiger partial charge in [-0.3, -0.25) is 4.79 Å². The van der Waals surface area contributed by atoms with Crippen molar-refractivity contribution in [2.24, 2.45) is 0 Å². The van der Waals surface area contributed by atoms with Crippen LogP contribution >= 0.6 is 43.5 Å². The second kappa shape index (κ2) is 6.53. The molecule has 0 saturated heterocycles. The molecule has 0 amide bonds. The molecule has 1 nitrogen and oxygen atoms in total. The Labute approximate surface area is 150 Å². The molecule has 0 unspecified atom stereocenters. The Morgan fingerprint density at radius 2 is 1.41 bits per heavy atom. The maximum atomic E-state index is 11.1. The van der Waals surface area contributed by atoms with Crippen molar-refractivity contribution >= 4 is 59.5 Å². The number of hydrogen-bond acceptors (Lipinski definition) is 1. The van der Waals surface area contributed by atoms with Crippen molar-refractivity contribution in [2.45, 2.75) is 6.42 Å². The number of carbonyl (C=O) groups excluding carboxylic acids is 1. The minimum Gasteiger partial charge on any atom is -0.276 e. The first-order valence-corrected chi connectivity index (χ1v) is 8.66. The number of fused-ring (bicyclic) bond motifs is 1. The zero-order valence-corrected chi connectivity index (χ0v) is 15.4. The second-order valence-electron chi connectivity index (χ2n) is 5.06. The van der Waals surface area contributed by atoms with Gasteiger partial charge >= 0.3 is 0 Å². The van der Waals surface area contributed by atoms with Crippen molar-refractivity contribution in [3.05, 3.63) is 80.2 Å². The first-order chi connectivity index (χ1) is 10.5. The zero-order valence-electron chi connectivity index (χ0n) is 11.4. The summed E-state index contributed by atoms with van der Waals surface area (Å²) in [5.41, 5.74) is 2.89. The molecular weight excluding hydrogens is 427 g/mol. The van der Waals surface area contributed by atoms with Gasteiger partial charge in [0, 0.05) is 14.5 Å². The number of hydrogen-bond donors (Lipinski definition) is 0.